The van der Waals surface area contributed by atoms with Gasteiger partial charge < -0.3 is 15.0 Å². The van der Waals surface area contributed by atoms with Gasteiger partial charge >= 0.3 is 0 Å². The number of hydrogen-bond acceptors (Lipinski definition) is 3. The van der Waals surface area contributed by atoms with Crippen molar-refractivity contribution in [1.29, 1.82) is 0 Å². The van der Waals surface area contributed by atoms with Crippen LogP contribution in [-0.2, 0) is 4.74 Å². The molecular weight excluding hydrogens is 176 g/mol. The third-order valence-corrected chi connectivity index (χ3v) is 3.33. The van der Waals surface area contributed by atoms with Crippen LogP contribution in [0.2, 0.25) is 0 Å². The first kappa shape index (κ1) is 10.4. The zero-order valence-electron chi connectivity index (χ0n) is 9.17. The molecule has 0 amide bonds. The van der Waals surface area contributed by atoms with Gasteiger partial charge in [0.15, 0.2) is 0 Å². The van der Waals surface area contributed by atoms with E-state index in [0.717, 1.165) is 32.3 Å². The van der Waals surface area contributed by atoms with Crippen LogP contribution in [0.3, 0.4) is 0 Å². The average Bonchev–Trinajstić information content (AvgIpc) is 2.67. The first-order valence-corrected chi connectivity index (χ1v) is 5.88. The van der Waals surface area contributed by atoms with Crippen molar-refractivity contribution in [3.05, 3.63) is 0 Å². The number of hydrogen-bond donors (Lipinski definition) is 1. The maximum atomic E-state index is 5.70. The summed E-state index contributed by atoms with van der Waals surface area (Å²) in [6.07, 6.45) is 5.95. The van der Waals surface area contributed by atoms with Gasteiger partial charge in [0.2, 0.25) is 0 Å². The van der Waals surface area contributed by atoms with Gasteiger partial charge in [0, 0.05) is 25.7 Å². The standard InChI is InChI=1S/C11H22N2O/c1-13-6-7-14-11(9-13)8-12-10-4-2-3-5-10/h10-12H,2-9H2,1H3/t11-/m0/s1. The summed E-state index contributed by atoms with van der Waals surface area (Å²) in [5.41, 5.74) is 0. The number of nitrogens with one attached hydrogen (secondary N) is 1. The fourth-order valence-electron chi connectivity index (χ4n) is 2.42. The molecule has 0 aromatic heterocycles. The first-order valence-electron chi connectivity index (χ1n) is 5.88. The fraction of sp³-hybridized carbons (Fsp3) is 1.00. The largest absolute Gasteiger partial charge is 0.374 e. The van der Waals surface area contributed by atoms with Gasteiger partial charge in [-0.05, 0) is 19.9 Å². The van der Waals surface area contributed by atoms with E-state index in [-0.39, 0.29) is 0 Å². The van der Waals surface area contributed by atoms with Gasteiger partial charge in [0.25, 0.3) is 0 Å². The molecular formula is C11H22N2O. The van der Waals surface area contributed by atoms with Crippen molar-refractivity contribution < 1.29 is 4.74 Å². The summed E-state index contributed by atoms with van der Waals surface area (Å²) in [7, 11) is 2.17. The van der Waals surface area contributed by atoms with E-state index in [1.165, 1.54) is 25.7 Å². The second-order valence-corrected chi connectivity index (χ2v) is 4.64. The highest BCUT2D eigenvalue weighted by molar-refractivity contribution is 4.77. The molecule has 0 radical (unpaired) electrons. The summed E-state index contributed by atoms with van der Waals surface area (Å²) in [6.45, 7) is 4.10. The van der Waals surface area contributed by atoms with E-state index in [9.17, 15) is 0 Å². The van der Waals surface area contributed by atoms with Gasteiger partial charge in [-0.2, -0.15) is 0 Å². The molecule has 1 heterocycles. The Morgan fingerprint density at radius 2 is 2.14 bits per heavy atom. The van der Waals surface area contributed by atoms with Gasteiger partial charge in [0.05, 0.1) is 12.7 Å². The Balaban J connectivity index is 1.64. The van der Waals surface area contributed by atoms with E-state index in [4.69, 9.17) is 4.74 Å². The van der Waals surface area contributed by atoms with Crippen LogP contribution in [0.1, 0.15) is 25.7 Å². The van der Waals surface area contributed by atoms with E-state index >= 15 is 0 Å². The third kappa shape index (κ3) is 2.94. The van der Waals surface area contributed by atoms with E-state index in [1.807, 2.05) is 0 Å². The minimum atomic E-state index is 0.411. The molecule has 3 nitrogen and oxygen atoms in total. The molecule has 82 valence electrons. The number of rotatable bonds is 3. The van der Waals surface area contributed by atoms with E-state index < -0.39 is 0 Å². The van der Waals surface area contributed by atoms with E-state index in [2.05, 4.69) is 17.3 Å². The van der Waals surface area contributed by atoms with Crippen LogP contribution in [-0.4, -0.2) is 50.3 Å². The van der Waals surface area contributed by atoms with Gasteiger partial charge in [-0.15, -0.1) is 0 Å². The Hall–Kier alpha value is -0.120. The van der Waals surface area contributed by atoms with E-state index in [0.29, 0.717) is 6.10 Å². The summed E-state index contributed by atoms with van der Waals surface area (Å²) in [5.74, 6) is 0. The molecule has 1 N–H and O–H groups in total. The Kier molecular flexibility index (Phi) is 3.79. The molecule has 0 spiro atoms. The summed E-state index contributed by atoms with van der Waals surface area (Å²) >= 11 is 0. The molecule has 1 saturated heterocycles. The monoisotopic (exact) mass is 198 g/mol. The Morgan fingerprint density at radius 3 is 2.86 bits per heavy atom. The second kappa shape index (κ2) is 5.10. The van der Waals surface area contributed by atoms with E-state index in [1.54, 1.807) is 0 Å². The average molecular weight is 198 g/mol. The lowest BCUT2D eigenvalue weighted by Crippen LogP contribution is -2.46. The normalized spacial score (nSPS) is 31.1. The molecule has 3 heteroatoms. The van der Waals surface area contributed by atoms with Crippen molar-refractivity contribution in [2.75, 3.05) is 33.3 Å². The molecule has 2 aliphatic rings. The predicted octanol–water partition coefficient (Wildman–Crippen LogP) is 0.849. The maximum absolute atomic E-state index is 5.70. The van der Waals surface area contributed by atoms with Crippen LogP contribution in [0.15, 0.2) is 0 Å². The molecule has 1 aliphatic heterocycles. The van der Waals surface area contributed by atoms with Gasteiger partial charge in [-0.1, -0.05) is 12.8 Å². The molecule has 0 aromatic rings. The molecule has 2 fully saturated rings. The number of likely N-dealkylation sites (N-methyl/N-ethyl adjacent to an activating group) is 1. The predicted molar refractivity (Wildman–Crippen MR) is 57.5 cm³/mol. The lowest BCUT2D eigenvalue weighted by molar-refractivity contribution is -0.0191. The van der Waals surface area contributed by atoms with Crippen LogP contribution in [0.25, 0.3) is 0 Å². The number of morpholine rings is 1. The highest BCUT2D eigenvalue weighted by Crippen LogP contribution is 2.17. The molecule has 2 rings (SSSR count). The Labute approximate surface area is 86.8 Å². The zero-order chi connectivity index (χ0) is 9.80. The summed E-state index contributed by atoms with van der Waals surface area (Å²) in [4.78, 5) is 2.35. The Morgan fingerprint density at radius 1 is 1.36 bits per heavy atom. The highest BCUT2D eigenvalue weighted by Gasteiger charge is 2.20. The van der Waals surface area contributed by atoms with Crippen LogP contribution >= 0.6 is 0 Å². The fourth-order valence-corrected chi connectivity index (χ4v) is 2.42. The lowest BCUT2D eigenvalue weighted by atomic mass is 10.2. The number of ether oxygens (including phenoxy) is 1. The summed E-state index contributed by atoms with van der Waals surface area (Å²) < 4.78 is 5.70. The van der Waals surface area contributed by atoms with Crippen molar-refractivity contribution in [2.45, 2.75) is 37.8 Å². The van der Waals surface area contributed by atoms with Gasteiger partial charge in [0.1, 0.15) is 0 Å². The van der Waals surface area contributed by atoms with Crippen molar-refractivity contribution in [2.24, 2.45) is 0 Å². The minimum absolute atomic E-state index is 0.411. The molecule has 0 aromatic carbocycles. The SMILES string of the molecule is CN1CCO[C@@H](CNC2CCCC2)C1. The van der Waals surface area contributed by atoms with Crippen molar-refractivity contribution in [3.8, 4) is 0 Å². The quantitative estimate of drug-likeness (QED) is 0.727. The van der Waals surface area contributed by atoms with Crippen LogP contribution in [0.5, 0.6) is 0 Å². The molecule has 1 aliphatic carbocycles. The third-order valence-electron chi connectivity index (χ3n) is 3.33. The van der Waals surface area contributed by atoms with Crippen LogP contribution in [0.4, 0.5) is 0 Å². The number of nitrogens with zero attached hydrogens (tertiary/aromatic N) is 1. The van der Waals surface area contributed by atoms with Crippen LogP contribution < -0.4 is 5.32 Å². The molecule has 1 saturated carbocycles. The molecule has 14 heavy (non-hydrogen) atoms. The molecule has 0 unspecified atom stereocenters. The van der Waals surface area contributed by atoms with Crippen LogP contribution in [0, 0.1) is 0 Å². The lowest BCUT2D eigenvalue weighted by Gasteiger charge is -2.30. The van der Waals surface area contributed by atoms with Crippen molar-refractivity contribution in [1.82, 2.24) is 10.2 Å². The van der Waals surface area contributed by atoms with Gasteiger partial charge in [-0.25, -0.2) is 0 Å². The van der Waals surface area contributed by atoms with Crippen molar-refractivity contribution in [3.63, 3.8) is 0 Å². The Bertz CT molecular complexity index is 169. The molecule has 0 bridgehead atoms. The maximum Gasteiger partial charge on any atom is 0.0826 e. The summed E-state index contributed by atoms with van der Waals surface area (Å²) in [6, 6.07) is 0.769. The van der Waals surface area contributed by atoms with Crippen molar-refractivity contribution >= 4 is 0 Å². The highest BCUT2D eigenvalue weighted by atomic mass is 16.5. The summed E-state index contributed by atoms with van der Waals surface area (Å²) in [5, 5.41) is 3.62. The zero-order valence-corrected chi connectivity index (χ0v) is 9.17. The topological polar surface area (TPSA) is 24.5 Å². The first-order chi connectivity index (χ1) is 6.84. The second-order valence-electron chi connectivity index (χ2n) is 4.64. The smallest absolute Gasteiger partial charge is 0.0826 e. The minimum Gasteiger partial charge on any atom is -0.374 e. The molecule has 1 atom stereocenters. The van der Waals surface area contributed by atoms with Gasteiger partial charge in [-0.3, -0.25) is 0 Å².